The molecule has 32 heavy (non-hydrogen) atoms. The Bertz CT molecular complexity index is 507. The van der Waals surface area contributed by atoms with Crippen molar-refractivity contribution in [2.75, 3.05) is 28.2 Å². The molecule has 0 spiro atoms. The van der Waals surface area contributed by atoms with Crippen molar-refractivity contribution in [3.63, 3.8) is 0 Å². The Kier molecular flexibility index (Phi) is 87.4. The summed E-state index contributed by atoms with van der Waals surface area (Å²) in [5, 5.41) is 0. The first-order chi connectivity index (χ1) is 15.1. The van der Waals surface area contributed by atoms with Gasteiger partial charge in [-0.25, -0.2) is 0 Å². The summed E-state index contributed by atoms with van der Waals surface area (Å²) in [4.78, 5) is 0. The van der Waals surface area contributed by atoms with Crippen LogP contribution in [0.2, 0.25) is 0 Å². The van der Waals surface area contributed by atoms with Crippen molar-refractivity contribution >= 4 is 13.6 Å². The Balaban J connectivity index is -0.0000000507. The van der Waals surface area contributed by atoms with Crippen molar-refractivity contribution in [1.82, 2.24) is 0 Å². The predicted octanol–water partition coefficient (Wildman–Crippen LogP) is 1.00. The van der Waals surface area contributed by atoms with Gasteiger partial charge in [-0.1, -0.05) is 0 Å². The summed E-state index contributed by atoms with van der Waals surface area (Å²) < 4.78 is 49.4. The van der Waals surface area contributed by atoms with Crippen LogP contribution in [0.3, 0.4) is 0 Å². The van der Waals surface area contributed by atoms with Crippen LogP contribution in [0.5, 0.6) is 0 Å². The van der Waals surface area contributed by atoms with Crippen LogP contribution in [-0.4, -0.2) is 50.7 Å². The van der Waals surface area contributed by atoms with Crippen LogP contribution in [0.1, 0.15) is 0 Å². The molecule has 0 unspecified atom stereocenters. The Hall–Kier alpha value is -0.614. The third kappa shape index (κ3) is 57.0. The summed E-state index contributed by atoms with van der Waals surface area (Å²) in [5.41, 5.74) is 0. The van der Waals surface area contributed by atoms with Gasteiger partial charge in [0, 0.05) is 21.1 Å². The molecule has 2 saturated carbocycles. The topological polar surface area (TPSA) is 115 Å². The molecule has 2 rings (SSSR count). The SMILES string of the molecule is C[N+](C)=[B-][B-](O[C]#[W+])=[N+](C)C.[C-]#[O+].[C-]#[O+].[C-]#[O+].[C-]#[O+].[C-]#[O+].[CH]1[CH][CH][CH][CH]1.[CH]1[CH][CH][CH][CH]1.[W]. The second-order valence-corrected chi connectivity index (χ2v) is 5.19. The van der Waals surface area contributed by atoms with Gasteiger partial charge in [-0.3, -0.25) is 0 Å². The van der Waals surface area contributed by atoms with Crippen LogP contribution in [-0.2, 0) is 68.1 Å². The Labute approximate surface area is 219 Å². The molecule has 12 heteroatoms. The minimum atomic E-state index is 0. The van der Waals surface area contributed by atoms with Crippen molar-refractivity contribution in [1.29, 1.82) is 0 Å². The number of hydrogen-bond acceptors (Lipinski definition) is 1. The molecular weight excluding hydrogens is 754 g/mol. The van der Waals surface area contributed by atoms with Gasteiger partial charge in [-0.15, -0.1) is 0 Å². The minimum Gasteiger partial charge on any atom is -0.0312 e. The van der Waals surface area contributed by atoms with E-state index in [1.807, 2.05) is 108 Å². The van der Waals surface area contributed by atoms with E-state index in [4.69, 9.17) is 27.9 Å². The first-order valence-electron chi connectivity index (χ1n) is 7.64. The van der Waals surface area contributed by atoms with Gasteiger partial charge in [0.1, 0.15) is 0 Å². The van der Waals surface area contributed by atoms with Gasteiger partial charge in [0.2, 0.25) is 0 Å². The molecule has 0 N–H and O–H groups in total. The zero-order valence-corrected chi connectivity index (χ0v) is 24.0. The molecular formula is C20H22B2N2O6W2+. The van der Waals surface area contributed by atoms with Crippen LogP contribution in [0.15, 0.2) is 0 Å². The van der Waals surface area contributed by atoms with E-state index in [-0.39, 0.29) is 27.7 Å². The summed E-state index contributed by atoms with van der Waals surface area (Å²) in [6.07, 6.45) is 20.0. The van der Waals surface area contributed by atoms with Gasteiger partial charge in [-0.05, 0) is 64.2 Å². The van der Waals surface area contributed by atoms with Crippen LogP contribution in [0, 0.1) is 102 Å². The molecule has 165 valence electrons. The zero-order valence-electron chi connectivity index (χ0n) is 18.1. The van der Waals surface area contributed by atoms with E-state index in [9.17, 15) is 0 Å². The fourth-order valence-electron chi connectivity index (χ4n) is 1.22. The van der Waals surface area contributed by atoms with Gasteiger partial charge in [0.05, 0.1) is 0 Å². The van der Waals surface area contributed by atoms with E-state index in [1.54, 1.807) is 0 Å². The molecule has 0 atom stereocenters. The monoisotopic (exact) mass is 776 g/mol. The maximum atomic E-state index is 7.50. The molecule has 11 radical (unpaired) electrons. The smallest absolute Gasteiger partial charge is 0 e. The fraction of sp³-hybridized carbons (Fsp3) is 0.200. The number of rotatable bonds is 2. The van der Waals surface area contributed by atoms with Crippen molar-refractivity contribution in [2.24, 2.45) is 0 Å². The number of nitrogens with zero attached hydrogens (tertiary/aromatic N) is 2. The van der Waals surface area contributed by atoms with Gasteiger partial charge >= 0.3 is 135 Å². The first-order valence-corrected chi connectivity index (χ1v) is 9.10. The van der Waals surface area contributed by atoms with Gasteiger partial charge in [-0.2, -0.15) is 0 Å². The van der Waals surface area contributed by atoms with Crippen molar-refractivity contribution in [3.8, 4) is 4.39 Å². The van der Waals surface area contributed by atoms with Crippen LogP contribution < -0.4 is 0 Å². The minimum absolute atomic E-state index is 0. The van der Waals surface area contributed by atoms with E-state index in [0.29, 0.717) is 0 Å². The third-order valence-corrected chi connectivity index (χ3v) is 2.56. The molecule has 0 aliphatic heterocycles. The molecule has 0 aromatic rings. The molecule has 0 amide bonds. The van der Waals surface area contributed by atoms with Gasteiger partial charge < -0.3 is 0 Å². The predicted molar refractivity (Wildman–Crippen MR) is 103 cm³/mol. The Morgan fingerprint density at radius 3 is 1.00 bits per heavy atom. The van der Waals surface area contributed by atoms with Crippen molar-refractivity contribution in [3.05, 3.63) is 97.5 Å². The largest absolute Gasteiger partial charge is 0.0312 e. The first kappa shape index (κ1) is 48.7. The summed E-state index contributed by atoms with van der Waals surface area (Å²) in [6.45, 7) is 24.5. The van der Waals surface area contributed by atoms with E-state index in [1.165, 1.54) is 19.2 Å². The van der Waals surface area contributed by atoms with Crippen LogP contribution in [0.25, 0.3) is 0 Å². The van der Waals surface area contributed by atoms with Gasteiger partial charge in [0.15, 0.2) is 0 Å². The zero-order chi connectivity index (χ0) is 25.9. The van der Waals surface area contributed by atoms with Crippen molar-refractivity contribution in [2.45, 2.75) is 0 Å². The van der Waals surface area contributed by atoms with Crippen LogP contribution >= 0.6 is 0 Å². The maximum absolute atomic E-state index is 7.50. The second-order valence-electron chi connectivity index (χ2n) is 4.59. The van der Waals surface area contributed by atoms with Crippen LogP contribution in [0.4, 0.5) is 0 Å². The molecule has 0 bridgehead atoms. The standard InChI is InChI=1S/C5H12B2N2O.2C5H5.5CO.2W/c1-8(2)6-7(10-5)9(3)4;2*1-2-4-5-3-1;5*1-2;;/h1-4H3;2*1-5H;;;;;;;/q;;;;;;;;;+1. The summed E-state index contributed by atoms with van der Waals surface area (Å²) in [6, 6.07) is 0. The molecule has 0 saturated heterocycles. The fourth-order valence-corrected chi connectivity index (χ4v) is 1.57. The second kappa shape index (κ2) is 57.4. The molecule has 2 fully saturated rings. The quantitative estimate of drug-likeness (QED) is 0.233. The van der Waals surface area contributed by atoms with Gasteiger partial charge in [0.25, 0.3) is 0 Å². The average molecular weight is 776 g/mol. The Morgan fingerprint density at radius 2 is 0.875 bits per heavy atom. The normalized spacial score (nSPS) is 10.5. The molecule has 8 nitrogen and oxygen atoms in total. The average Bonchev–Trinajstić information content (AvgIpc) is 3.59. The van der Waals surface area contributed by atoms with E-state index in [0.717, 1.165) is 0 Å². The van der Waals surface area contributed by atoms with E-state index >= 15 is 0 Å². The summed E-state index contributed by atoms with van der Waals surface area (Å²) >= 11 is 1.21. The summed E-state index contributed by atoms with van der Waals surface area (Å²) in [5.74, 6) is 0. The number of hydrogen-bond donors (Lipinski definition) is 0. The molecule has 2 aliphatic rings. The molecule has 2 aliphatic carbocycles. The van der Waals surface area contributed by atoms with E-state index in [2.05, 4.69) is 37.6 Å². The molecule has 0 heterocycles. The molecule has 0 aromatic carbocycles. The third-order valence-electron chi connectivity index (χ3n) is 2.21. The van der Waals surface area contributed by atoms with Crippen molar-refractivity contribution < 1.29 is 77.1 Å². The van der Waals surface area contributed by atoms with E-state index < -0.39 is 0 Å². The summed E-state index contributed by atoms with van der Waals surface area (Å²) in [7, 11) is 7.89. The Morgan fingerprint density at radius 1 is 0.656 bits per heavy atom. The molecule has 0 aromatic heterocycles. The maximum Gasteiger partial charge on any atom is 0 e.